The minimum atomic E-state index is -0.345. The monoisotopic (exact) mass is 129 g/mol. The molecule has 0 heterocycles. The van der Waals surface area contributed by atoms with Crippen molar-refractivity contribution in [1.29, 1.82) is 0 Å². The second-order valence-corrected chi connectivity index (χ2v) is 1.72. The Bertz CT molecular complexity index is 118. The number of nitrogens with zero attached hydrogens (tertiary/aromatic N) is 1. The molecule has 0 saturated heterocycles. The first-order valence-electron chi connectivity index (χ1n) is 2.68. The maximum Gasteiger partial charge on any atom is 0.349 e. The first-order valence-corrected chi connectivity index (χ1v) is 2.68. The molecule has 0 aromatic carbocycles. The van der Waals surface area contributed by atoms with E-state index in [1.807, 2.05) is 0 Å². The van der Waals surface area contributed by atoms with Crippen LogP contribution in [0.25, 0.3) is 0 Å². The summed E-state index contributed by atoms with van der Waals surface area (Å²) in [5.74, 6) is -0.345. The summed E-state index contributed by atoms with van der Waals surface area (Å²) in [6.45, 7) is 1.76. The third-order valence-electron chi connectivity index (χ3n) is 0.575. The van der Waals surface area contributed by atoms with Crippen LogP contribution in [0.2, 0.25) is 0 Å². The molecule has 0 rings (SSSR count). The number of carbonyl (C=O) groups is 1. The predicted molar refractivity (Wildman–Crippen MR) is 34.6 cm³/mol. The van der Waals surface area contributed by atoms with Gasteiger partial charge in [0.25, 0.3) is 0 Å². The van der Waals surface area contributed by atoms with Crippen molar-refractivity contribution in [3.63, 3.8) is 0 Å². The molecule has 0 saturated carbocycles. The van der Waals surface area contributed by atoms with E-state index in [4.69, 9.17) is 0 Å². The number of hydrogen-bond donors (Lipinski definition) is 0. The first kappa shape index (κ1) is 8.17. The van der Waals surface area contributed by atoms with Gasteiger partial charge < -0.3 is 4.84 Å². The number of hydrogen-bond acceptors (Lipinski definition) is 3. The third-order valence-corrected chi connectivity index (χ3v) is 0.575. The molecule has 0 aromatic rings. The smallest absolute Gasteiger partial charge is 0.349 e. The Labute approximate surface area is 54.9 Å². The Morgan fingerprint density at radius 2 is 2.11 bits per heavy atom. The Kier molecular flexibility index (Phi) is 3.71. The molecule has 0 radical (unpaired) electrons. The molecule has 0 aliphatic rings. The molecule has 0 unspecified atom stereocenters. The molecule has 0 aliphatic heterocycles. The fourth-order valence-electron chi connectivity index (χ4n) is 0.346. The SMILES string of the molecule is CC=CC(=O)ON(C)C. The second kappa shape index (κ2) is 4.09. The number of hydroxylamine groups is 2. The molecule has 0 bridgehead atoms. The summed E-state index contributed by atoms with van der Waals surface area (Å²) < 4.78 is 0. The number of carbonyl (C=O) groups excluding carboxylic acids is 1. The van der Waals surface area contributed by atoms with Crippen LogP contribution in [0.15, 0.2) is 12.2 Å². The van der Waals surface area contributed by atoms with E-state index in [-0.39, 0.29) is 5.97 Å². The highest BCUT2D eigenvalue weighted by atomic mass is 16.7. The molecule has 0 atom stereocenters. The highest BCUT2D eigenvalue weighted by Crippen LogP contribution is 1.82. The molecular formula is C6H11NO2. The average molecular weight is 129 g/mol. The fraction of sp³-hybridized carbons (Fsp3) is 0.500. The van der Waals surface area contributed by atoms with Crippen LogP contribution in [-0.2, 0) is 9.63 Å². The molecular weight excluding hydrogens is 118 g/mol. The summed E-state index contributed by atoms with van der Waals surface area (Å²) in [5, 5.41) is 1.35. The van der Waals surface area contributed by atoms with Crippen LogP contribution in [0.4, 0.5) is 0 Å². The molecule has 0 fully saturated rings. The topological polar surface area (TPSA) is 29.5 Å². The minimum Gasteiger partial charge on any atom is -0.365 e. The predicted octanol–water partition coefficient (Wildman–Crippen LogP) is 0.582. The lowest BCUT2D eigenvalue weighted by atomic mass is 10.5. The zero-order valence-electron chi connectivity index (χ0n) is 5.92. The molecule has 0 amide bonds. The molecule has 9 heavy (non-hydrogen) atoms. The molecule has 0 N–H and O–H groups in total. The van der Waals surface area contributed by atoms with E-state index in [2.05, 4.69) is 4.84 Å². The van der Waals surface area contributed by atoms with E-state index in [0.29, 0.717) is 0 Å². The van der Waals surface area contributed by atoms with Gasteiger partial charge in [0.2, 0.25) is 0 Å². The van der Waals surface area contributed by atoms with Crippen molar-refractivity contribution in [2.45, 2.75) is 6.92 Å². The van der Waals surface area contributed by atoms with Gasteiger partial charge in [0, 0.05) is 20.2 Å². The van der Waals surface area contributed by atoms with Crippen LogP contribution >= 0.6 is 0 Å². The Hall–Kier alpha value is -0.830. The largest absolute Gasteiger partial charge is 0.365 e. The van der Waals surface area contributed by atoms with Gasteiger partial charge in [0.05, 0.1) is 0 Å². The van der Waals surface area contributed by atoms with Crippen LogP contribution in [-0.4, -0.2) is 25.1 Å². The lowest BCUT2D eigenvalue weighted by Crippen LogP contribution is -2.16. The molecule has 52 valence electrons. The maximum atomic E-state index is 10.5. The molecule has 3 heteroatoms. The highest BCUT2D eigenvalue weighted by molar-refractivity contribution is 5.81. The summed E-state index contributed by atoms with van der Waals surface area (Å²) in [7, 11) is 3.31. The summed E-state index contributed by atoms with van der Waals surface area (Å²) in [5.41, 5.74) is 0. The zero-order chi connectivity index (χ0) is 7.28. The first-order chi connectivity index (χ1) is 4.16. The Morgan fingerprint density at radius 3 is 2.44 bits per heavy atom. The van der Waals surface area contributed by atoms with Crippen molar-refractivity contribution in [2.24, 2.45) is 0 Å². The van der Waals surface area contributed by atoms with E-state index in [0.717, 1.165) is 0 Å². The minimum absolute atomic E-state index is 0.345. The fourth-order valence-corrected chi connectivity index (χ4v) is 0.346. The number of allylic oxidation sites excluding steroid dienone is 1. The van der Waals surface area contributed by atoms with Crippen LogP contribution < -0.4 is 0 Å². The van der Waals surface area contributed by atoms with Gasteiger partial charge in [-0.3, -0.25) is 0 Å². The van der Waals surface area contributed by atoms with E-state index < -0.39 is 0 Å². The second-order valence-electron chi connectivity index (χ2n) is 1.72. The van der Waals surface area contributed by atoms with Gasteiger partial charge >= 0.3 is 5.97 Å². The molecule has 0 aliphatic carbocycles. The van der Waals surface area contributed by atoms with Gasteiger partial charge in [-0.25, -0.2) is 4.79 Å². The zero-order valence-corrected chi connectivity index (χ0v) is 5.92. The van der Waals surface area contributed by atoms with E-state index in [1.165, 1.54) is 11.1 Å². The van der Waals surface area contributed by atoms with Gasteiger partial charge in [-0.15, -0.1) is 5.06 Å². The van der Waals surface area contributed by atoms with Crippen molar-refractivity contribution in [1.82, 2.24) is 5.06 Å². The van der Waals surface area contributed by atoms with Crippen LogP contribution in [0, 0.1) is 0 Å². The van der Waals surface area contributed by atoms with Gasteiger partial charge in [0.15, 0.2) is 0 Å². The Morgan fingerprint density at radius 1 is 1.56 bits per heavy atom. The lowest BCUT2D eigenvalue weighted by molar-refractivity contribution is -0.171. The summed E-state index contributed by atoms with van der Waals surface area (Å²) in [6, 6.07) is 0. The standard InChI is InChI=1S/C6H11NO2/c1-4-5-6(8)9-7(2)3/h4-5H,1-3H3. The summed E-state index contributed by atoms with van der Waals surface area (Å²) >= 11 is 0. The van der Waals surface area contributed by atoms with Crippen molar-refractivity contribution in [3.8, 4) is 0 Å². The Balaban J connectivity index is 3.51. The van der Waals surface area contributed by atoms with E-state index in [9.17, 15) is 4.79 Å². The lowest BCUT2D eigenvalue weighted by Gasteiger charge is -2.06. The summed E-state index contributed by atoms with van der Waals surface area (Å²) in [4.78, 5) is 15.1. The van der Waals surface area contributed by atoms with Gasteiger partial charge in [0.1, 0.15) is 0 Å². The van der Waals surface area contributed by atoms with Crippen LogP contribution in [0.5, 0.6) is 0 Å². The highest BCUT2D eigenvalue weighted by Gasteiger charge is 1.95. The molecule has 3 nitrogen and oxygen atoms in total. The normalized spacial score (nSPS) is 10.7. The van der Waals surface area contributed by atoms with Gasteiger partial charge in [-0.2, -0.15) is 0 Å². The van der Waals surface area contributed by atoms with Crippen molar-refractivity contribution >= 4 is 5.97 Å². The van der Waals surface area contributed by atoms with Crippen molar-refractivity contribution < 1.29 is 9.63 Å². The maximum absolute atomic E-state index is 10.5. The quantitative estimate of drug-likeness (QED) is 0.403. The number of rotatable bonds is 2. The third kappa shape index (κ3) is 5.03. The van der Waals surface area contributed by atoms with Gasteiger partial charge in [-0.1, -0.05) is 6.08 Å². The van der Waals surface area contributed by atoms with Crippen molar-refractivity contribution in [3.05, 3.63) is 12.2 Å². The molecule has 0 aromatic heterocycles. The van der Waals surface area contributed by atoms with Crippen LogP contribution in [0.3, 0.4) is 0 Å². The average Bonchev–Trinajstić information content (AvgIpc) is 1.63. The van der Waals surface area contributed by atoms with Crippen LogP contribution in [0.1, 0.15) is 6.92 Å². The molecule has 0 spiro atoms. The van der Waals surface area contributed by atoms with Gasteiger partial charge in [-0.05, 0) is 6.92 Å². The van der Waals surface area contributed by atoms with Crippen molar-refractivity contribution in [2.75, 3.05) is 14.1 Å². The van der Waals surface area contributed by atoms with E-state index in [1.54, 1.807) is 27.1 Å². The summed E-state index contributed by atoms with van der Waals surface area (Å²) in [6.07, 6.45) is 2.99. The van der Waals surface area contributed by atoms with E-state index >= 15 is 0 Å².